The van der Waals surface area contributed by atoms with Crippen LogP contribution >= 0.6 is 11.6 Å². The maximum atomic E-state index is 12.5. The van der Waals surface area contributed by atoms with Gasteiger partial charge in [-0.2, -0.15) is 0 Å². The third kappa shape index (κ3) is 4.97. The van der Waals surface area contributed by atoms with Crippen molar-refractivity contribution in [1.29, 1.82) is 0 Å². The van der Waals surface area contributed by atoms with Crippen molar-refractivity contribution in [1.82, 2.24) is 9.80 Å². The molecule has 132 valence electrons. The van der Waals surface area contributed by atoms with Crippen LogP contribution < -0.4 is 0 Å². The molecule has 0 saturated carbocycles. The molecule has 5 heteroatoms. The Kier molecular flexibility index (Phi) is 7.10. The largest absolute Gasteiger partial charge is 0.341 e. The molecule has 24 heavy (non-hydrogen) atoms. The fourth-order valence-electron chi connectivity index (χ4n) is 3.22. The molecular formula is C19H27ClN2O2. The molecule has 1 fully saturated rings. The van der Waals surface area contributed by atoms with Crippen molar-refractivity contribution in [3.8, 4) is 0 Å². The van der Waals surface area contributed by atoms with Gasteiger partial charge in [0.05, 0.1) is 6.42 Å². The molecule has 0 N–H and O–H groups in total. The maximum Gasteiger partial charge on any atom is 0.227 e. The average Bonchev–Trinajstić information content (AvgIpc) is 2.82. The third-order valence-electron chi connectivity index (χ3n) is 4.74. The van der Waals surface area contributed by atoms with E-state index in [1.165, 1.54) is 0 Å². The summed E-state index contributed by atoms with van der Waals surface area (Å²) in [5, 5.41) is 0.651. The first kappa shape index (κ1) is 18.8. The number of hydrogen-bond donors (Lipinski definition) is 0. The summed E-state index contributed by atoms with van der Waals surface area (Å²) in [6, 6.07) is 7.43. The molecule has 2 amide bonds. The Bertz CT molecular complexity index is 572. The van der Waals surface area contributed by atoms with Crippen LogP contribution in [0.4, 0.5) is 0 Å². The van der Waals surface area contributed by atoms with E-state index in [1.54, 1.807) is 0 Å². The lowest BCUT2D eigenvalue weighted by molar-refractivity contribution is -0.136. The minimum Gasteiger partial charge on any atom is -0.341 e. The zero-order valence-corrected chi connectivity index (χ0v) is 15.4. The topological polar surface area (TPSA) is 40.6 Å². The number of halogens is 1. The second-order valence-corrected chi connectivity index (χ2v) is 6.82. The average molecular weight is 351 g/mol. The highest BCUT2D eigenvalue weighted by atomic mass is 35.5. The van der Waals surface area contributed by atoms with E-state index in [0.717, 1.165) is 31.4 Å². The first-order chi connectivity index (χ1) is 11.5. The number of amides is 2. The van der Waals surface area contributed by atoms with Crippen LogP contribution in [0.25, 0.3) is 0 Å². The van der Waals surface area contributed by atoms with E-state index in [0.29, 0.717) is 31.1 Å². The van der Waals surface area contributed by atoms with Gasteiger partial charge in [-0.25, -0.2) is 0 Å². The zero-order chi connectivity index (χ0) is 17.5. The maximum absolute atomic E-state index is 12.5. The van der Waals surface area contributed by atoms with Crippen molar-refractivity contribution >= 4 is 23.4 Å². The molecule has 0 unspecified atom stereocenters. The molecule has 1 aliphatic rings. The van der Waals surface area contributed by atoms with Crippen molar-refractivity contribution in [2.45, 2.75) is 39.5 Å². The monoisotopic (exact) mass is 350 g/mol. The van der Waals surface area contributed by atoms with Crippen molar-refractivity contribution in [2.75, 3.05) is 26.2 Å². The van der Waals surface area contributed by atoms with Gasteiger partial charge in [-0.15, -0.1) is 0 Å². The van der Waals surface area contributed by atoms with Crippen LogP contribution in [0.15, 0.2) is 24.3 Å². The van der Waals surface area contributed by atoms with Crippen LogP contribution in [-0.2, 0) is 16.0 Å². The quantitative estimate of drug-likeness (QED) is 0.816. The standard InChI is InChI=1S/C19H27ClN2O2/c1-3-16(4-2)19(24)22-10-6-9-21(11-12-22)18(23)14-15-7-5-8-17(20)13-15/h5,7-8,13,16H,3-4,6,9-12,14H2,1-2H3. The van der Waals surface area contributed by atoms with Gasteiger partial charge in [-0.1, -0.05) is 37.6 Å². The third-order valence-corrected chi connectivity index (χ3v) is 4.97. The second-order valence-electron chi connectivity index (χ2n) is 6.38. The molecule has 0 radical (unpaired) electrons. The molecule has 4 nitrogen and oxygen atoms in total. The first-order valence-corrected chi connectivity index (χ1v) is 9.24. The molecule has 2 rings (SSSR count). The number of benzene rings is 1. The van der Waals surface area contributed by atoms with Gasteiger partial charge >= 0.3 is 0 Å². The first-order valence-electron chi connectivity index (χ1n) is 8.86. The summed E-state index contributed by atoms with van der Waals surface area (Å²) in [4.78, 5) is 28.9. The molecule has 1 aromatic carbocycles. The normalized spacial score (nSPS) is 15.5. The highest BCUT2D eigenvalue weighted by Crippen LogP contribution is 2.16. The Hall–Kier alpha value is -1.55. The van der Waals surface area contributed by atoms with E-state index in [4.69, 9.17) is 11.6 Å². The van der Waals surface area contributed by atoms with Crippen molar-refractivity contribution in [3.05, 3.63) is 34.9 Å². The second kappa shape index (κ2) is 9.07. The van der Waals surface area contributed by atoms with Gasteiger partial charge in [0.2, 0.25) is 11.8 Å². The summed E-state index contributed by atoms with van der Waals surface area (Å²) in [7, 11) is 0. The summed E-state index contributed by atoms with van der Waals surface area (Å²) >= 11 is 5.98. The van der Waals surface area contributed by atoms with Crippen LogP contribution in [0.5, 0.6) is 0 Å². The minimum absolute atomic E-state index is 0.106. The van der Waals surface area contributed by atoms with Crippen LogP contribution in [0, 0.1) is 5.92 Å². The van der Waals surface area contributed by atoms with Gasteiger partial charge in [-0.3, -0.25) is 9.59 Å². The summed E-state index contributed by atoms with van der Waals surface area (Å²) in [5.41, 5.74) is 0.932. The van der Waals surface area contributed by atoms with Crippen LogP contribution in [0.2, 0.25) is 5.02 Å². The molecule has 0 aliphatic carbocycles. The fraction of sp³-hybridized carbons (Fsp3) is 0.579. The molecule has 0 bridgehead atoms. The Morgan fingerprint density at radius 3 is 2.42 bits per heavy atom. The summed E-state index contributed by atoms with van der Waals surface area (Å²) < 4.78 is 0. The molecule has 1 aromatic rings. The van der Waals surface area contributed by atoms with E-state index in [2.05, 4.69) is 13.8 Å². The molecule has 1 heterocycles. The smallest absolute Gasteiger partial charge is 0.227 e. The van der Waals surface area contributed by atoms with E-state index in [-0.39, 0.29) is 17.7 Å². The van der Waals surface area contributed by atoms with Crippen molar-refractivity contribution < 1.29 is 9.59 Å². The van der Waals surface area contributed by atoms with E-state index in [9.17, 15) is 9.59 Å². The SMILES string of the molecule is CCC(CC)C(=O)N1CCCN(C(=O)Cc2cccc(Cl)c2)CC1. The van der Waals surface area contributed by atoms with E-state index in [1.807, 2.05) is 34.1 Å². The highest BCUT2D eigenvalue weighted by Gasteiger charge is 2.25. The number of carbonyl (C=O) groups excluding carboxylic acids is 2. The summed E-state index contributed by atoms with van der Waals surface area (Å²) in [5.74, 6) is 0.456. The molecule has 0 atom stereocenters. The lowest BCUT2D eigenvalue weighted by atomic mass is 10.0. The van der Waals surface area contributed by atoms with Crippen molar-refractivity contribution in [3.63, 3.8) is 0 Å². The predicted octanol–water partition coefficient (Wildman–Crippen LogP) is 3.38. The Balaban J connectivity index is 1.92. The summed E-state index contributed by atoms with van der Waals surface area (Å²) in [6.07, 6.45) is 2.96. The number of carbonyl (C=O) groups is 2. The number of rotatable bonds is 5. The minimum atomic E-state index is 0.106. The highest BCUT2D eigenvalue weighted by molar-refractivity contribution is 6.30. The fourth-order valence-corrected chi connectivity index (χ4v) is 3.43. The molecule has 0 aromatic heterocycles. The van der Waals surface area contributed by atoms with Gasteiger partial charge in [0.15, 0.2) is 0 Å². The van der Waals surface area contributed by atoms with Gasteiger partial charge in [0.1, 0.15) is 0 Å². The number of hydrogen-bond acceptors (Lipinski definition) is 2. The van der Waals surface area contributed by atoms with Crippen molar-refractivity contribution in [2.24, 2.45) is 5.92 Å². The molecule has 1 saturated heterocycles. The van der Waals surface area contributed by atoms with Gasteiger partial charge in [-0.05, 0) is 37.0 Å². The van der Waals surface area contributed by atoms with Crippen LogP contribution in [-0.4, -0.2) is 47.8 Å². The molecule has 0 spiro atoms. The van der Waals surface area contributed by atoms with Gasteiger partial charge in [0.25, 0.3) is 0 Å². The Morgan fingerprint density at radius 2 is 1.75 bits per heavy atom. The van der Waals surface area contributed by atoms with E-state index < -0.39 is 0 Å². The molecular weight excluding hydrogens is 324 g/mol. The lowest BCUT2D eigenvalue weighted by Crippen LogP contribution is -2.40. The van der Waals surface area contributed by atoms with Gasteiger partial charge < -0.3 is 9.80 Å². The Morgan fingerprint density at radius 1 is 1.08 bits per heavy atom. The van der Waals surface area contributed by atoms with Gasteiger partial charge in [0, 0.05) is 37.1 Å². The molecule has 1 aliphatic heterocycles. The Labute approximate surface area is 149 Å². The predicted molar refractivity (Wildman–Crippen MR) is 97.0 cm³/mol. The zero-order valence-electron chi connectivity index (χ0n) is 14.6. The van der Waals surface area contributed by atoms with Crippen LogP contribution in [0.1, 0.15) is 38.7 Å². The van der Waals surface area contributed by atoms with Crippen LogP contribution in [0.3, 0.4) is 0 Å². The lowest BCUT2D eigenvalue weighted by Gasteiger charge is -2.25. The summed E-state index contributed by atoms with van der Waals surface area (Å²) in [6.45, 7) is 6.83. The number of nitrogens with zero attached hydrogens (tertiary/aromatic N) is 2. The van der Waals surface area contributed by atoms with E-state index >= 15 is 0 Å².